The molecule has 7 nitrogen and oxygen atoms in total. The Hall–Kier alpha value is -3.23. The van der Waals surface area contributed by atoms with Gasteiger partial charge in [0.2, 0.25) is 0 Å². The second-order valence-electron chi connectivity index (χ2n) is 9.08. The Balaban J connectivity index is 1.70. The Bertz CT molecular complexity index is 1860. The number of amides is 1. The van der Waals surface area contributed by atoms with Crippen molar-refractivity contribution in [1.29, 1.82) is 0 Å². The van der Waals surface area contributed by atoms with Gasteiger partial charge in [-0.2, -0.15) is 0 Å². The average Bonchev–Trinajstić information content (AvgIpc) is 3.26. The summed E-state index contributed by atoms with van der Waals surface area (Å²) in [6.07, 6.45) is 3.52. The predicted molar refractivity (Wildman–Crippen MR) is 179 cm³/mol. The van der Waals surface area contributed by atoms with Gasteiger partial charge >= 0.3 is 0 Å². The third-order valence-electron chi connectivity index (χ3n) is 6.38. The first kappa shape index (κ1) is 29.3. The maximum absolute atomic E-state index is 14.1. The van der Waals surface area contributed by atoms with Crippen LogP contribution in [0.2, 0.25) is 0 Å². The van der Waals surface area contributed by atoms with Crippen molar-refractivity contribution in [2.45, 2.75) is 13.0 Å². The molecular weight excluding hydrogens is 764 g/mol. The molecule has 3 aromatic carbocycles. The van der Waals surface area contributed by atoms with Crippen molar-refractivity contribution in [3.8, 4) is 11.5 Å². The quantitative estimate of drug-likeness (QED) is 0.185. The number of halogens is 2. The van der Waals surface area contributed by atoms with E-state index in [4.69, 9.17) is 14.5 Å². The highest BCUT2D eigenvalue weighted by Gasteiger charge is 2.33. The van der Waals surface area contributed by atoms with Crippen LogP contribution in [0.25, 0.3) is 6.08 Å². The van der Waals surface area contributed by atoms with Gasteiger partial charge in [-0.15, -0.1) is 0 Å². The molecule has 0 saturated heterocycles. The van der Waals surface area contributed by atoms with Crippen molar-refractivity contribution in [2.24, 2.45) is 4.99 Å². The lowest BCUT2D eigenvalue weighted by molar-refractivity contribution is -0.113. The highest BCUT2D eigenvalue weighted by molar-refractivity contribution is 14.1. The second-order valence-corrected chi connectivity index (χ2v) is 12.5. The monoisotopic (exact) mass is 789 g/mol. The molecule has 10 heteroatoms. The van der Waals surface area contributed by atoms with Crippen LogP contribution in [0, 0.1) is 7.14 Å². The lowest BCUT2D eigenvalue weighted by atomic mass is 9.95. The van der Waals surface area contributed by atoms with E-state index in [1.165, 1.54) is 11.3 Å². The van der Waals surface area contributed by atoms with Crippen LogP contribution in [-0.4, -0.2) is 24.2 Å². The van der Waals surface area contributed by atoms with Crippen LogP contribution in [0.3, 0.4) is 0 Å². The molecule has 41 heavy (non-hydrogen) atoms. The van der Waals surface area contributed by atoms with Gasteiger partial charge in [0.15, 0.2) is 4.80 Å². The molecule has 208 valence electrons. The molecule has 0 spiro atoms. The molecule has 1 aliphatic heterocycles. The van der Waals surface area contributed by atoms with Crippen LogP contribution < -0.4 is 29.7 Å². The van der Waals surface area contributed by atoms with Gasteiger partial charge in [-0.3, -0.25) is 14.2 Å². The normalized spacial score (nSPS) is 14.7. The molecule has 0 unspecified atom stereocenters. The fourth-order valence-corrected chi connectivity index (χ4v) is 7.66. The summed E-state index contributed by atoms with van der Waals surface area (Å²) in [4.78, 5) is 33.1. The van der Waals surface area contributed by atoms with Crippen molar-refractivity contribution >= 4 is 74.2 Å². The average molecular weight is 789 g/mol. The first-order valence-corrected chi connectivity index (χ1v) is 15.5. The summed E-state index contributed by atoms with van der Waals surface area (Å²) >= 11 is 5.76. The van der Waals surface area contributed by atoms with Gasteiger partial charge in [-0.1, -0.05) is 54.3 Å². The summed E-state index contributed by atoms with van der Waals surface area (Å²) in [6.45, 7) is 5.89. The minimum atomic E-state index is -0.709. The summed E-state index contributed by atoms with van der Waals surface area (Å²) in [6, 6.07) is 19.9. The van der Waals surface area contributed by atoms with Crippen LogP contribution in [0.1, 0.15) is 24.1 Å². The minimum absolute atomic E-state index is 0.248. The Morgan fingerprint density at radius 2 is 1.93 bits per heavy atom. The van der Waals surface area contributed by atoms with E-state index in [9.17, 15) is 9.59 Å². The molecule has 0 saturated carbocycles. The van der Waals surface area contributed by atoms with E-state index in [0.717, 1.165) is 18.3 Å². The van der Waals surface area contributed by atoms with Crippen molar-refractivity contribution in [3.05, 3.63) is 129 Å². The lowest BCUT2D eigenvalue weighted by Crippen LogP contribution is -2.40. The SMILES string of the molecule is C=CCOc1c(I)cc(I)cc1/C=c1\sc2n(c1=O)[C@@H](c1cccc(OC)c1)C(C(=O)Nc1ccccc1)=C(C)N=2. The van der Waals surface area contributed by atoms with E-state index < -0.39 is 6.04 Å². The molecular formula is C31H25I2N3O4S. The third kappa shape index (κ3) is 6.19. The molecule has 0 bridgehead atoms. The van der Waals surface area contributed by atoms with E-state index in [-0.39, 0.29) is 11.5 Å². The van der Waals surface area contributed by atoms with Crippen LogP contribution in [0.15, 0.2) is 100 Å². The zero-order valence-electron chi connectivity index (χ0n) is 22.2. The number of carbonyl (C=O) groups excluding carboxylic acids is 1. The fraction of sp³-hybridized carbons (Fsp3) is 0.129. The number of thiazole rings is 1. The number of allylic oxidation sites excluding steroid dienone is 1. The number of methoxy groups -OCH3 is 1. The largest absolute Gasteiger partial charge is 0.497 e. The fourth-order valence-electron chi connectivity index (χ4n) is 4.58. The number of nitrogens with zero attached hydrogens (tertiary/aromatic N) is 2. The van der Waals surface area contributed by atoms with Crippen molar-refractivity contribution in [3.63, 3.8) is 0 Å². The Kier molecular flexibility index (Phi) is 9.09. The number of hydrogen-bond acceptors (Lipinski definition) is 6. The number of anilines is 1. The van der Waals surface area contributed by atoms with Crippen molar-refractivity contribution in [2.75, 3.05) is 19.0 Å². The zero-order valence-corrected chi connectivity index (χ0v) is 27.3. The topological polar surface area (TPSA) is 81.9 Å². The van der Waals surface area contributed by atoms with E-state index in [0.29, 0.717) is 44.4 Å². The van der Waals surface area contributed by atoms with Gasteiger partial charge in [0.1, 0.15) is 18.1 Å². The molecule has 4 aromatic rings. The molecule has 1 amide bonds. The molecule has 0 fully saturated rings. The van der Waals surface area contributed by atoms with E-state index in [1.807, 2.05) is 72.8 Å². The first-order chi connectivity index (χ1) is 19.8. The van der Waals surface area contributed by atoms with E-state index in [2.05, 4.69) is 57.1 Å². The van der Waals surface area contributed by atoms with Crippen LogP contribution in [-0.2, 0) is 4.79 Å². The zero-order chi connectivity index (χ0) is 29.1. The predicted octanol–water partition coefficient (Wildman–Crippen LogP) is 5.66. The Morgan fingerprint density at radius 3 is 2.66 bits per heavy atom. The number of para-hydroxylation sites is 1. The number of ether oxygens (including phenoxy) is 2. The van der Waals surface area contributed by atoms with Gasteiger partial charge in [-0.25, -0.2) is 4.99 Å². The summed E-state index contributed by atoms with van der Waals surface area (Å²) in [5, 5.41) is 2.97. The van der Waals surface area contributed by atoms with Crippen molar-refractivity contribution < 1.29 is 14.3 Å². The number of fused-ring (bicyclic) bond motifs is 1. The standard InChI is InChI=1S/C31H25I2N3O4S/c1-4-13-40-28-20(14-21(32)17-24(28)33)16-25-30(38)36-27(19-9-8-12-23(15-19)39-3)26(18(2)34-31(36)41-25)29(37)35-22-10-6-5-7-11-22/h4-12,14-17,27H,1,13H2,2-3H3,(H,35,37)/b25-16-/t27-/m0/s1. The number of carbonyl (C=O) groups is 1. The van der Waals surface area contributed by atoms with Crippen LogP contribution in [0.4, 0.5) is 5.69 Å². The molecule has 0 radical (unpaired) electrons. The maximum atomic E-state index is 14.1. The molecule has 0 aliphatic carbocycles. The summed E-state index contributed by atoms with van der Waals surface area (Å²) < 4.78 is 15.5. The Labute approximate surface area is 268 Å². The van der Waals surface area contributed by atoms with Gasteiger partial charge in [-0.05, 0) is 100 Å². The lowest BCUT2D eigenvalue weighted by Gasteiger charge is -2.25. The van der Waals surface area contributed by atoms with Crippen LogP contribution >= 0.6 is 56.5 Å². The number of rotatable bonds is 8. The number of nitrogens with one attached hydrogen (secondary N) is 1. The molecule has 1 N–H and O–H groups in total. The number of aromatic nitrogens is 1. The molecule has 1 aliphatic rings. The van der Waals surface area contributed by atoms with E-state index >= 15 is 0 Å². The van der Waals surface area contributed by atoms with Gasteiger partial charge in [0.25, 0.3) is 11.5 Å². The van der Waals surface area contributed by atoms with E-state index in [1.54, 1.807) is 24.7 Å². The highest BCUT2D eigenvalue weighted by Crippen LogP contribution is 2.33. The smallest absolute Gasteiger partial charge is 0.271 e. The van der Waals surface area contributed by atoms with Gasteiger partial charge in [0.05, 0.1) is 32.5 Å². The van der Waals surface area contributed by atoms with Crippen molar-refractivity contribution in [1.82, 2.24) is 4.57 Å². The second kappa shape index (κ2) is 12.7. The molecule has 1 aromatic heterocycles. The number of benzene rings is 3. The Morgan fingerprint density at radius 1 is 1.15 bits per heavy atom. The first-order valence-electron chi connectivity index (χ1n) is 12.6. The van der Waals surface area contributed by atoms with Gasteiger partial charge < -0.3 is 14.8 Å². The summed E-state index contributed by atoms with van der Waals surface area (Å²) in [5.74, 6) is 0.978. The third-order valence-corrected chi connectivity index (χ3v) is 8.78. The maximum Gasteiger partial charge on any atom is 0.271 e. The van der Waals surface area contributed by atoms with Gasteiger partial charge in [0, 0.05) is 14.8 Å². The molecule has 1 atom stereocenters. The molecule has 2 heterocycles. The molecule has 5 rings (SSSR count). The van der Waals surface area contributed by atoms with Crippen LogP contribution in [0.5, 0.6) is 11.5 Å². The summed E-state index contributed by atoms with van der Waals surface area (Å²) in [7, 11) is 1.59. The minimum Gasteiger partial charge on any atom is -0.497 e. The summed E-state index contributed by atoms with van der Waals surface area (Å²) in [5.41, 5.74) is 2.85. The highest BCUT2D eigenvalue weighted by atomic mass is 127. The number of hydrogen-bond donors (Lipinski definition) is 1.